The number of carbonyl (C=O) groups is 1. The van der Waals surface area contributed by atoms with Gasteiger partial charge in [0.2, 0.25) is 5.91 Å². The zero-order valence-corrected chi connectivity index (χ0v) is 13.4. The molecule has 126 valence electrons. The number of rotatable bonds is 4. The molecule has 1 aromatic heterocycles. The number of fused-ring (bicyclic) bond motifs is 2. The van der Waals surface area contributed by atoms with E-state index >= 15 is 0 Å². The Balaban J connectivity index is 1.24. The Hall–Kier alpha value is -2.54. The molecule has 0 saturated heterocycles. The van der Waals surface area contributed by atoms with Crippen LogP contribution in [0.3, 0.4) is 0 Å². The van der Waals surface area contributed by atoms with Crippen LogP contribution in [0.4, 0.5) is 0 Å². The summed E-state index contributed by atoms with van der Waals surface area (Å²) < 4.78 is 13.6. The minimum absolute atomic E-state index is 0.00235. The van der Waals surface area contributed by atoms with E-state index in [1.165, 1.54) is 0 Å². The molecule has 1 atom stereocenters. The molecular formula is C17H20N4O3. The van der Waals surface area contributed by atoms with Crippen molar-refractivity contribution in [1.82, 2.24) is 19.8 Å². The second kappa shape index (κ2) is 6.52. The molecule has 0 spiro atoms. The quantitative estimate of drug-likeness (QED) is 0.893. The molecule has 1 N–H and O–H groups in total. The fourth-order valence-corrected chi connectivity index (χ4v) is 3.01. The standard InChI is InChI=1S/C17H20N4O3/c22-17(11-20-7-8-21-6-5-18-16(21)10-20)19-9-13-12-23-14-3-1-2-4-15(14)24-13/h1-6,13H,7-12H2,(H,19,22). The van der Waals surface area contributed by atoms with E-state index in [1.807, 2.05) is 30.5 Å². The predicted molar refractivity (Wildman–Crippen MR) is 86.9 cm³/mol. The third-order valence-corrected chi connectivity index (χ3v) is 4.29. The summed E-state index contributed by atoms with van der Waals surface area (Å²) in [7, 11) is 0. The monoisotopic (exact) mass is 328 g/mol. The zero-order chi connectivity index (χ0) is 16.4. The molecule has 7 heteroatoms. The third-order valence-electron chi connectivity index (χ3n) is 4.29. The largest absolute Gasteiger partial charge is 0.486 e. The first-order valence-electron chi connectivity index (χ1n) is 8.15. The van der Waals surface area contributed by atoms with Crippen molar-refractivity contribution in [2.75, 3.05) is 26.2 Å². The summed E-state index contributed by atoms with van der Waals surface area (Å²) in [4.78, 5) is 18.6. The van der Waals surface area contributed by atoms with E-state index in [4.69, 9.17) is 9.47 Å². The molecule has 0 saturated carbocycles. The topological polar surface area (TPSA) is 68.6 Å². The molecule has 0 fully saturated rings. The van der Waals surface area contributed by atoms with Gasteiger partial charge in [-0.25, -0.2) is 4.98 Å². The van der Waals surface area contributed by atoms with E-state index in [0.29, 0.717) is 26.2 Å². The van der Waals surface area contributed by atoms with Crippen molar-refractivity contribution in [1.29, 1.82) is 0 Å². The van der Waals surface area contributed by atoms with Crippen molar-refractivity contribution < 1.29 is 14.3 Å². The lowest BCUT2D eigenvalue weighted by atomic mass is 10.2. The number of ether oxygens (including phenoxy) is 2. The smallest absolute Gasteiger partial charge is 0.234 e. The number of aromatic nitrogens is 2. The molecule has 0 bridgehead atoms. The molecule has 0 aliphatic carbocycles. The molecule has 2 aliphatic rings. The lowest BCUT2D eigenvalue weighted by Gasteiger charge is -2.28. The molecule has 2 aliphatic heterocycles. The van der Waals surface area contributed by atoms with Crippen molar-refractivity contribution in [2.24, 2.45) is 0 Å². The maximum atomic E-state index is 12.2. The van der Waals surface area contributed by atoms with Gasteiger partial charge in [-0.3, -0.25) is 9.69 Å². The van der Waals surface area contributed by atoms with Crippen LogP contribution in [0.15, 0.2) is 36.7 Å². The molecular weight excluding hydrogens is 308 g/mol. The highest BCUT2D eigenvalue weighted by Gasteiger charge is 2.22. The maximum Gasteiger partial charge on any atom is 0.234 e. The number of nitrogens with zero attached hydrogens (tertiary/aromatic N) is 3. The highest BCUT2D eigenvalue weighted by molar-refractivity contribution is 5.78. The number of carbonyl (C=O) groups excluding carboxylic acids is 1. The average Bonchev–Trinajstić information content (AvgIpc) is 3.07. The fourth-order valence-electron chi connectivity index (χ4n) is 3.01. The van der Waals surface area contributed by atoms with Crippen LogP contribution in [-0.4, -0.2) is 52.7 Å². The number of para-hydroxylation sites is 2. The van der Waals surface area contributed by atoms with E-state index < -0.39 is 0 Å². The summed E-state index contributed by atoms with van der Waals surface area (Å²) in [5.41, 5.74) is 0. The Morgan fingerprint density at radius 1 is 1.29 bits per heavy atom. The molecule has 1 aromatic carbocycles. The molecule has 3 heterocycles. The van der Waals surface area contributed by atoms with Gasteiger partial charge in [-0.05, 0) is 12.1 Å². The average molecular weight is 328 g/mol. The van der Waals surface area contributed by atoms with Gasteiger partial charge in [0.25, 0.3) is 0 Å². The van der Waals surface area contributed by atoms with Gasteiger partial charge in [0.05, 0.1) is 19.6 Å². The first kappa shape index (κ1) is 15.0. The Morgan fingerprint density at radius 3 is 3.08 bits per heavy atom. The molecule has 1 unspecified atom stereocenters. The highest BCUT2D eigenvalue weighted by Crippen LogP contribution is 2.30. The highest BCUT2D eigenvalue weighted by atomic mass is 16.6. The van der Waals surface area contributed by atoms with Crippen molar-refractivity contribution in [2.45, 2.75) is 19.2 Å². The molecule has 4 rings (SSSR count). The summed E-state index contributed by atoms with van der Waals surface area (Å²) in [5, 5.41) is 2.94. The van der Waals surface area contributed by atoms with Crippen LogP contribution >= 0.6 is 0 Å². The SMILES string of the molecule is O=C(CN1CCn2ccnc2C1)NCC1COc2ccccc2O1. The fraction of sp³-hybridized carbons (Fsp3) is 0.412. The van der Waals surface area contributed by atoms with E-state index in [0.717, 1.165) is 30.4 Å². The van der Waals surface area contributed by atoms with Crippen LogP contribution in [0, 0.1) is 0 Å². The first-order chi connectivity index (χ1) is 11.8. The summed E-state index contributed by atoms with van der Waals surface area (Å²) in [6, 6.07) is 7.57. The maximum absolute atomic E-state index is 12.2. The summed E-state index contributed by atoms with van der Waals surface area (Å²) >= 11 is 0. The molecule has 0 radical (unpaired) electrons. The Kier molecular flexibility index (Phi) is 4.08. The second-order valence-electron chi connectivity index (χ2n) is 6.05. The normalized spacial score (nSPS) is 19.6. The summed E-state index contributed by atoms with van der Waals surface area (Å²) in [5.74, 6) is 2.49. The van der Waals surface area contributed by atoms with Crippen LogP contribution in [0.5, 0.6) is 11.5 Å². The molecule has 2 aromatic rings. The van der Waals surface area contributed by atoms with Gasteiger partial charge in [-0.15, -0.1) is 0 Å². The summed E-state index contributed by atoms with van der Waals surface area (Å²) in [6.07, 6.45) is 3.62. The van der Waals surface area contributed by atoms with Gasteiger partial charge in [0, 0.05) is 25.5 Å². The Labute approximate surface area is 140 Å². The van der Waals surface area contributed by atoms with Crippen LogP contribution in [0.25, 0.3) is 0 Å². The van der Waals surface area contributed by atoms with Gasteiger partial charge in [0.1, 0.15) is 18.5 Å². The Bertz CT molecular complexity index is 730. The van der Waals surface area contributed by atoms with Gasteiger partial charge >= 0.3 is 0 Å². The number of hydrogen-bond donors (Lipinski definition) is 1. The zero-order valence-electron chi connectivity index (χ0n) is 13.4. The van der Waals surface area contributed by atoms with E-state index in [2.05, 4.69) is 19.8 Å². The molecule has 24 heavy (non-hydrogen) atoms. The summed E-state index contributed by atoms with van der Waals surface area (Å²) in [6.45, 7) is 3.69. The Morgan fingerprint density at radius 2 is 2.17 bits per heavy atom. The number of amides is 1. The van der Waals surface area contributed by atoms with E-state index in [9.17, 15) is 4.79 Å². The van der Waals surface area contributed by atoms with Crippen molar-refractivity contribution in [3.05, 3.63) is 42.5 Å². The van der Waals surface area contributed by atoms with Crippen LogP contribution < -0.4 is 14.8 Å². The molecule has 1 amide bonds. The van der Waals surface area contributed by atoms with Crippen molar-refractivity contribution in [3.63, 3.8) is 0 Å². The van der Waals surface area contributed by atoms with Crippen molar-refractivity contribution in [3.8, 4) is 11.5 Å². The van der Waals surface area contributed by atoms with Crippen molar-refractivity contribution >= 4 is 5.91 Å². The van der Waals surface area contributed by atoms with E-state index in [1.54, 1.807) is 6.20 Å². The second-order valence-corrected chi connectivity index (χ2v) is 6.05. The van der Waals surface area contributed by atoms with Crippen LogP contribution in [0.2, 0.25) is 0 Å². The predicted octanol–water partition coefficient (Wildman–Crippen LogP) is 0.655. The molecule has 7 nitrogen and oxygen atoms in total. The minimum Gasteiger partial charge on any atom is -0.486 e. The van der Waals surface area contributed by atoms with E-state index in [-0.39, 0.29) is 12.0 Å². The lowest BCUT2D eigenvalue weighted by Crippen LogP contribution is -2.45. The van der Waals surface area contributed by atoms with Gasteiger partial charge in [-0.1, -0.05) is 12.1 Å². The van der Waals surface area contributed by atoms with Gasteiger partial charge in [-0.2, -0.15) is 0 Å². The first-order valence-corrected chi connectivity index (χ1v) is 8.15. The lowest BCUT2D eigenvalue weighted by molar-refractivity contribution is -0.123. The number of hydrogen-bond acceptors (Lipinski definition) is 5. The van der Waals surface area contributed by atoms with Crippen LogP contribution in [-0.2, 0) is 17.9 Å². The number of imidazole rings is 1. The minimum atomic E-state index is -0.163. The number of benzene rings is 1. The van der Waals surface area contributed by atoms with Crippen LogP contribution in [0.1, 0.15) is 5.82 Å². The van der Waals surface area contributed by atoms with Gasteiger partial charge in [0.15, 0.2) is 11.5 Å². The number of nitrogens with one attached hydrogen (secondary N) is 1. The van der Waals surface area contributed by atoms with Gasteiger partial charge < -0.3 is 19.4 Å². The third kappa shape index (κ3) is 3.21.